The number of carbonyl (C=O) groups is 1. The van der Waals surface area contributed by atoms with Crippen LogP contribution in [0.3, 0.4) is 0 Å². The predicted molar refractivity (Wildman–Crippen MR) is 87.5 cm³/mol. The number of carbonyl (C=O) groups excluding carboxylic acids is 1. The second-order valence-electron chi connectivity index (χ2n) is 5.55. The molecule has 4 heterocycles. The molecule has 1 aliphatic heterocycles. The van der Waals surface area contributed by atoms with Crippen molar-refractivity contribution in [1.29, 1.82) is 0 Å². The molecule has 0 aliphatic carbocycles. The first-order valence-corrected chi connectivity index (χ1v) is 7.70. The van der Waals surface area contributed by atoms with Gasteiger partial charge in [-0.25, -0.2) is 9.97 Å². The fourth-order valence-electron chi connectivity index (χ4n) is 2.97. The zero-order valence-electron chi connectivity index (χ0n) is 12.7. The lowest BCUT2D eigenvalue weighted by atomic mass is 10.2. The summed E-state index contributed by atoms with van der Waals surface area (Å²) in [6.45, 7) is 2.97. The third kappa shape index (κ3) is 2.52. The van der Waals surface area contributed by atoms with Gasteiger partial charge in [-0.2, -0.15) is 0 Å². The summed E-state index contributed by atoms with van der Waals surface area (Å²) in [6, 6.07) is 9.62. The normalized spacial score (nSPS) is 15.1. The Kier molecular flexibility index (Phi) is 3.42. The van der Waals surface area contributed by atoms with E-state index in [-0.39, 0.29) is 5.91 Å². The van der Waals surface area contributed by atoms with Gasteiger partial charge in [-0.15, -0.1) is 0 Å². The van der Waals surface area contributed by atoms with Gasteiger partial charge in [0.2, 0.25) is 0 Å². The molecule has 0 unspecified atom stereocenters. The molecule has 1 amide bonds. The topological polar surface area (TPSA) is 53.7 Å². The molecule has 3 aromatic heterocycles. The van der Waals surface area contributed by atoms with Gasteiger partial charge in [-0.3, -0.25) is 4.79 Å². The molecule has 0 atom stereocenters. The highest BCUT2D eigenvalue weighted by Crippen LogP contribution is 2.16. The van der Waals surface area contributed by atoms with Crippen LogP contribution in [0.2, 0.25) is 0 Å². The first kappa shape index (κ1) is 13.8. The molecule has 0 radical (unpaired) electrons. The van der Waals surface area contributed by atoms with Crippen LogP contribution in [0.15, 0.2) is 55.1 Å². The van der Waals surface area contributed by atoms with Crippen molar-refractivity contribution in [2.24, 2.45) is 0 Å². The van der Waals surface area contributed by atoms with Gasteiger partial charge in [0, 0.05) is 51.0 Å². The van der Waals surface area contributed by atoms with Gasteiger partial charge in [0.05, 0.1) is 5.56 Å². The summed E-state index contributed by atoms with van der Waals surface area (Å²) >= 11 is 0. The number of pyridine rings is 2. The maximum absolute atomic E-state index is 12.8. The average molecular weight is 307 g/mol. The maximum Gasteiger partial charge on any atom is 0.257 e. The average Bonchev–Trinajstić information content (AvgIpc) is 3.11. The molecule has 0 bridgehead atoms. The molecular weight excluding hydrogens is 290 g/mol. The third-order valence-corrected chi connectivity index (χ3v) is 4.19. The number of piperazine rings is 1. The van der Waals surface area contributed by atoms with Crippen LogP contribution < -0.4 is 4.90 Å². The van der Waals surface area contributed by atoms with Gasteiger partial charge < -0.3 is 14.2 Å². The van der Waals surface area contributed by atoms with Crippen LogP contribution >= 0.6 is 0 Å². The smallest absolute Gasteiger partial charge is 0.257 e. The molecule has 6 heteroatoms. The maximum atomic E-state index is 12.8. The monoisotopic (exact) mass is 307 g/mol. The standard InChI is InChI=1S/C17H17N5O/c23-17(14-4-3-8-21-9-7-19-16(14)21)22-12-10-20(11-13-22)15-5-1-2-6-18-15/h1-9H,10-13H2. The van der Waals surface area contributed by atoms with E-state index in [1.165, 1.54) is 0 Å². The minimum atomic E-state index is 0.0440. The Hall–Kier alpha value is -2.89. The predicted octanol–water partition coefficient (Wildman–Crippen LogP) is 1.69. The summed E-state index contributed by atoms with van der Waals surface area (Å²) < 4.78 is 1.87. The van der Waals surface area contributed by atoms with Crippen LogP contribution in [0.4, 0.5) is 5.82 Å². The van der Waals surface area contributed by atoms with E-state index < -0.39 is 0 Å². The van der Waals surface area contributed by atoms with Crippen molar-refractivity contribution in [3.05, 3.63) is 60.7 Å². The second-order valence-corrected chi connectivity index (χ2v) is 5.55. The molecule has 0 saturated carbocycles. The van der Waals surface area contributed by atoms with Crippen molar-refractivity contribution in [3.63, 3.8) is 0 Å². The van der Waals surface area contributed by atoms with E-state index >= 15 is 0 Å². The fraction of sp³-hybridized carbons (Fsp3) is 0.235. The van der Waals surface area contributed by atoms with Crippen molar-refractivity contribution < 1.29 is 4.79 Å². The van der Waals surface area contributed by atoms with E-state index in [4.69, 9.17) is 0 Å². The molecule has 1 saturated heterocycles. The number of hydrogen-bond acceptors (Lipinski definition) is 4. The number of nitrogens with zero attached hydrogens (tertiary/aromatic N) is 5. The lowest BCUT2D eigenvalue weighted by Crippen LogP contribution is -2.49. The summed E-state index contributed by atoms with van der Waals surface area (Å²) in [6.07, 6.45) is 7.26. The Morgan fingerprint density at radius 2 is 1.78 bits per heavy atom. The Labute approximate surface area is 134 Å². The van der Waals surface area contributed by atoms with Gasteiger partial charge >= 0.3 is 0 Å². The third-order valence-electron chi connectivity index (χ3n) is 4.19. The largest absolute Gasteiger partial charge is 0.353 e. The highest BCUT2D eigenvalue weighted by Gasteiger charge is 2.24. The molecule has 1 fully saturated rings. The highest BCUT2D eigenvalue weighted by atomic mass is 16.2. The number of rotatable bonds is 2. The van der Waals surface area contributed by atoms with Gasteiger partial charge in [0.25, 0.3) is 5.91 Å². The van der Waals surface area contributed by atoms with E-state index in [1.54, 1.807) is 12.4 Å². The summed E-state index contributed by atoms with van der Waals surface area (Å²) in [7, 11) is 0. The zero-order chi connectivity index (χ0) is 15.6. The quantitative estimate of drug-likeness (QED) is 0.723. The molecule has 6 nitrogen and oxygen atoms in total. The van der Waals surface area contributed by atoms with E-state index in [9.17, 15) is 4.79 Å². The molecule has 0 spiro atoms. The van der Waals surface area contributed by atoms with Crippen molar-refractivity contribution in [2.45, 2.75) is 0 Å². The SMILES string of the molecule is O=C(c1cccn2ccnc12)N1CCN(c2ccccn2)CC1. The van der Waals surface area contributed by atoms with Crippen LogP contribution in [0.5, 0.6) is 0 Å². The summed E-state index contributed by atoms with van der Waals surface area (Å²) in [4.78, 5) is 25.6. The van der Waals surface area contributed by atoms with Gasteiger partial charge in [-0.05, 0) is 24.3 Å². The van der Waals surface area contributed by atoms with Crippen LogP contribution in [-0.2, 0) is 0 Å². The van der Waals surface area contributed by atoms with Crippen LogP contribution in [0.25, 0.3) is 5.65 Å². The molecule has 3 aromatic rings. The molecular formula is C17H17N5O. The molecule has 1 aliphatic rings. The Morgan fingerprint density at radius 3 is 2.57 bits per heavy atom. The Bertz CT molecular complexity index is 821. The zero-order valence-corrected chi connectivity index (χ0v) is 12.7. The summed E-state index contributed by atoms with van der Waals surface area (Å²) in [5, 5.41) is 0. The van der Waals surface area contributed by atoms with Gasteiger partial charge in [0.15, 0.2) is 0 Å². The Morgan fingerprint density at radius 1 is 0.913 bits per heavy atom. The lowest BCUT2D eigenvalue weighted by molar-refractivity contribution is 0.0748. The van der Waals surface area contributed by atoms with E-state index in [1.807, 2.05) is 52.0 Å². The fourth-order valence-corrected chi connectivity index (χ4v) is 2.97. The number of anilines is 1. The van der Waals surface area contributed by atoms with Gasteiger partial charge in [-0.1, -0.05) is 6.07 Å². The first-order chi connectivity index (χ1) is 11.3. The van der Waals surface area contributed by atoms with Crippen molar-refractivity contribution in [2.75, 3.05) is 31.1 Å². The summed E-state index contributed by atoms with van der Waals surface area (Å²) in [5.41, 5.74) is 1.37. The minimum Gasteiger partial charge on any atom is -0.353 e. The van der Waals surface area contributed by atoms with E-state index in [0.717, 1.165) is 18.9 Å². The summed E-state index contributed by atoms with van der Waals surface area (Å²) in [5.74, 6) is 1.01. The van der Waals surface area contributed by atoms with Crippen LogP contribution in [-0.4, -0.2) is 51.4 Å². The Balaban J connectivity index is 1.50. The number of aromatic nitrogens is 3. The highest BCUT2D eigenvalue weighted by molar-refractivity contribution is 5.99. The van der Waals surface area contributed by atoms with E-state index in [0.29, 0.717) is 24.3 Å². The molecule has 0 N–H and O–H groups in total. The van der Waals surface area contributed by atoms with Crippen LogP contribution in [0, 0.1) is 0 Å². The minimum absolute atomic E-state index is 0.0440. The van der Waals surface area contributed by atoms with Gasteiger partial charge in [0.1, 0.15) is 11.5 Å². The number of fused-ring (bicyclic) bond motifs is 1. The molecule has 4 rings (SSSR count). The van der Waals surface area contributed by atoms with Crippen molar-refractivity contribution >= 4 is 17.4 Å². The number of hydrogen-bond donors (Lipinski definition) is 0. The van der Waals surface area contributed by atoms with Crippen molar-refractivity contribution in [3.8, 4) is 0 Å². The van der Waals surface area contributed by atoms with Crippen LogP contribution in [0.1, 0.15) is 10.4 Å². The number of imidazole rings is 1. The lowest BCUT2D eigenvalue weighted by Gasteiger charge is -2.35. The molecule has 116 valence electrons. The van der Waals surface area contributed by atoms with E-state index in [2.05, 4.69) is 14.9 Å². The molecule has 0 aromatic carbocycles. The molecule has 23 heavy (non-hydrogen) atoms. The number of amides is 1. The second kappa shape index (κ2) is 5.72. The first-order valence-electron chi connectivity index (χ1n) is 7.70. The van der Waals surface area contributed by atoms with Crippen molar-refractivity contribution in [1.82, 2.24) is 19.3 Å².